The van der Waals surface area contributed by atoms with Gasteiger partial charge >= 0.3 is 0 Å². The predicted molar refractivity (Wildman–Crippen MR) is 72.4 cm³/mol. The Morgan fingerprint density at radius 1 is 1.29 bits per heavy atom. The van der Waals surface area contributed by atoms with Crippen LogP contribution in [0.4, 0.5) is 0 Å². The summed E-state index contributed by atoms with van der Waals surface area (Å²) in [5.74, 6) is 6.25. The van der Waals surface area contributed by atoms with Crippen LogP contribution in [0.1, 0.15) is 38.7 Å². The van der Waals surface area contributed by atoms with Gasteiger partial charge in [-0.2, -0.15) is 0 Å². The van der Waals surface area contributed by atoms with E-state index in [0.717, 1.165) is 30.4 Å². The number of unbranched alkanes of at least 4 members (excludes halogenated alkanes) is 2. The van der Waals surface area contributed by atoms with Crippen molar-refractivity contribution < 1.29 is 4.79 Å². The zero-order chi connectivity index (χ0) is 12.5. The Kier molecular flexibility index (Phi) is 5.82. The molecule has 0 amide bonds. The van der Waals surface area contributed by atoms with Gasteiger partial charge in [0.2, 0.25) is 0 Å². The number of allylic oxidation sites excluding steroid dienone is 2. The molecule has 1 nitrogen and oxygen atoms in total. The zero-order valence-corrected chi connectivity index (χ0v) is 10.5. The highest BCUT2D eigenvalue weighted by Crippen LogP contribution is 2.13. The number of benzene rings is 1. The molecule has 0 bridgehead atoms. The lowest BCUT2D eigenvalue weighted by Gasteiger charge is -1.98. The van der Waals surface area contributed by atoms with E-state index < -0.39 is 0 Å². The number of carbonyl (C=O) groups excluding carboxylic acids is 1. The van der Waals surface area contributed by atoms with Crippen molar-refractivity contribution in [1.29, 1.82) is 0 Å². The lowest BCUT2D eigenvalue weighted by Crippen LogP contribution is -1.87. The van der Waals surface area contributed by atoms with Crippen LogP contribution in [0, 0.1) is 11.8 Å². The third-order valence-electron chi connectivity index (χ3n) is 2.31. The van der Waals surface area contributed by atoms with Crippen molar-refractivity contribution in [3.63, 3.8) is 0 Å². The molecule has 0 aliphatic carbocycles. The zero-order valence-electron chi connectivity index (χ0n) is 10.5. The number of rotatable bonds is 4. The van der Waals surface area contributed by atoms with E-state index in [-0.39, 0.29) is 5.78 Å². The van der Waals surface area contributed by atoms with Gasteiger partial charge in [0.15, 0.2) is 5.78 Å². The Morgan fingerprint density at radius 2 is 2.00 bits per heavy atom. The molecule has 0 N–H and O–H groups in total. The first-order chi connectivity index (χ1) is 8.24. The summed E-state index contributed by atoms with van der Waals surface area (Å²) in [6.45, 7) is 3.70. The SMILES string of the molecule is CCCCC#C/C(=C/C(C)=O)c1ccccc1. The molecule has 0 fully saturated rings. The number of carbonyl (C=O) groups is 1. The summed E-state index contributed by atoms with van der Waals surface area (Å²) in [5.41, 5.74) is 1.82. The van der Waals surface area contributed by atoms with E-state index in [1.165, 1.54) is 0 Å². The van der Waals surface area contributed by atoms with Gasteiger partial charge in [0.25, 0.3) is 0 Å². The topological polar surface area (TPSA) is 17.1 Å². The van der Waals surface area contributed by atoms with Crippen LogP contribution in [0.25, 0.3) is 5.57 Å². The van der Waals surface area contributed by atoms with E-state index in [2.05, 4.69) is 18.8 Å². The lowest BCUT2D eigenvalue weighted by atomic mass is 10.0. The fraction of sp³-hybridized carbons (Fsp3) is 0.312. The molecule has 0 heterocycles. The van der Waals surface area contributed by atoms with Crippen molar-refractivity contribution in [2.24, 2.45) is 0 Å². The minimum atomic E-state index is 0.0358. The van der Waals surface area contributed by atoms with Gasteiger partial charge in [-0.1, -0.05) is 55.5 Å². The van der Waals surface area contributed by atoms with E-state index in [1.54, 1.807) is 13.0 Å². The van der Waals surface area contributed by atoms with Gasteiger partial charge in [-0.15, -0.1) is 0 Å². The van der Waals surface area contributed by atoms with E-state index in [4.69, 9.17) is 0 Å². The van der Waals surface area contributed by atoms with E-state index in [0.29, 0.717) is 0 Å². The molecule has 0 unspecified atom stereocenters. The highest BCUT2D eigenvalue weighted by molar-refractivity contribution is 5.98. The van der Waals surface area contributed by atoms with Crippen LogP contribution < -0.4 is 0 Å². The summed E-state index contributed by atoms with van der Waals surface area (Å²) in [6, 6.07) is 9.82. The van der Waals surface area contributed by atoms with Crippen LogP contribution in [0.3, 0.4) is 0 Å². The van der Waals surface area contributed by atoms with Crippen LogP contribution in [0.5, 0.6) is 0 Å². The molecular formula is C16H18O. The third-order valence-corrected chi connectivity index (χ3v) is 2.31. The summed E-state index contributed by atoms with van der Waals surface area (Å²) in [7, 11) is 0. The maximum atomic E-state index is 11.2. The van der Waals surface area contributed by atoms with Gasteiger partial charge in [0.05, 0.1) is 0 Å². The number of ketones is 1. The smallest absolute Gasteiger partial charge is 0.153 e. The molecular weight excluding hydrogens is 208 g/mol. The fourth-order valence-corrected chi connectivity index (χ4v) is 1.44. The molecule has 0 saturated heterocycles. The Morgan fingerprint density at radius 3 is 2.59 bits per heavy atom. The summed E-state index contributed by atoms with van der Waals surface area (Å²) in [6.07, 6.45) is 4.74. The molecule has 0 radical (unpaired) electrons. The Balaban J connectivity index is 2.89. The molecule has 0 atom stereocenters. The first-order valence-corrected chi connectivity index (χ1v) is 6.00. The number of hydrogen-bond acceptors (Lipinski definition) is 1. The summed E-state index contributed by atoms with van der Waals surface area (Å²) in [5, 5.41) is 0. The first-order valence-electron chi connectivity index (χ1n) is 6.00. The van der Waals surface area contributed by atoms with Crippen molar-refractivity contribution in [2.45, 2.75) is 33.1 Å². The van der Waals surface area contributed by atoms with Crippen LogP contribution >= 0.6 is 0 Å². The average Bonchev–Trinajstić information content (AvgIpc) is 2.34. The molecule has 0 aliphatic rings. The predicted octanol–water partition coefficient (Wildman–Crippen LogP) is 3.85. The van der Waals surface area contributed by atoms with Crippen molar-refractivity contribution in [3.8, 4) is 11.8 Å². The van der Waals surface area contributed by atoms with Gasteiger partial charge in [0, 0.05) is 12.0 Å². The van der Waals surface area contributed by atoms with Gasteiger partial charge in [-0.3, -0.25) is 4.79 Å². The van der Waals surface area contributed by atoms with Gasteiger partial charge in [-0.05, 0) is 25.0 Å². The van der Waals surface area contributed by atoms with Gasteiger partial charge in [0.1, 0.15) is 0 Å². The monoisotopic (exact) mass is 226 g/mol. The third kappa shape index (κ3) is 5.17. The van der Waals surface area contributed by atoms with Crippen LogP contribution in [-0.4, -0.2) is 5.78 Å². The minimum Gasteiger partial charge on any atom is -0.295 e. The standard InChI is InChI=1S/C16H18O/c1-3-4-5-7-12-16(13-14(2)17)15-10-8-6-9-11-15/h6,8-11,13H,3-5H2,1-2H3/b16-13-. The first kappa shape index (κ1) is 13.3. The van der Waals surface area contributed by atoms with Crippen molar-refractivity contribution >= 4 is 11.4 Å². The molecule has 1 aromatic carbocycles. The molecule has 1 rings (SSSR count). The quantitative estimate of drug-likeness (QED) is 0.433. The minimum absolute atomic E-state index is 0.0358. The van der Waals surface area contributed by atoms with Crippen molar-refractivity contribution in [3.05, 3.63) is 42.0 Å². The highest BCUT2D eigenvalue weighted by atomic mass is 16.1. The summed E-state index contributed by atoms with van der Waals surface area (Å²) >= 11 is 0. The summed E-state index contributed by atoms with van der Waals surface area (Å²) < 4.78 is 0. The molecule has 0 aromatic heterocycles. The largest absolute Gasteiger partial charge is 0.295 e. The number of hydrogen-bond donors (Lipinski definition) is 0. The van der Waals surface area contributed by atoms with Gasteiger partial charge in [-0.25, -0.2) is 0 Å². The second kappa shape index (κ2) is 7.46. The maximum absolute atomic E-state index is 11.2. The van der Waals surface area contributed by atoms with Crippen molar-refractivity contribution in [2.75, 3.05) is 0 Å². The van der Waals surface area contributed by atoms with E-state index in [1.807, 2.05) is 30.3 Å². The van der Waals surface area contributed by atoms with Crippen LogP contribution in [-0.2, 0) is 4.79 Å². The van der Waals surface area contributed by atoms with E-state index in [9.17, 15) is 4.79 Å². The Hall–Kier alpha value is -1.81. The highest BCUT2D eigenvalue weighted by Gasteiger charge is 1.98. The van der Waals surface area contributed by atoms with Gasteiger partial charge < -0.3 is 0 Å². The molecule has 1 heteroatoms. The Bertz CT molecular complexity index is 443. The molecule has 0 spiro atoms. The lowest BCUT2D eigenvalue weighted by molar-refractivity contribution is -0.112. The molecule has 0 aliphatic heterocycles. The average molecular weight is 226 g/mol. The van der Waals surface area contributed by atoms with Crippen molar-refractivity contribution in [1.82, 2.24) is 0 Å². The molecule has 17 heavy (non-hydrogen) atoms. The Labute approximate surface area is 104 Å². The fourth-order valence-electron chi connectivity index (χ4n) is 1.44. The normalized spacial score (nSPS) is 10.6. The molecule has 88 valence electrons. The molecule has 1 aromatic rings. The second-order valence-electron chi connectivity index (χ2n) is 3.94. The van der Waals surface area contributed by atoms with Crippen LogP contribution in [0.15, 0.2) is 36.4 Å². The van der Waals surface area contributed by atoms with Crippen LogP contribution in [0.2, 0.25) is 0 Å². The summed E-state index contributed by atoms with van der Waals surface area (Å²) in [4.78, 5) is 11.2. The maximum Gasteiger partial charge on any atom is 0.153 e. The molecule has 0 saturated carbocycles. The second-order valence-corrected chi connectivity index (χ2v) is 3.94. The van der Waals surface area contributed by atoms with E-state index >= 15 is 0 Å².